The standard InChI is InChI=1S/C16H26N2O/c1-4-15(14-9-5-6-10-16(14)19)18(3)12-13-8-7-11-17(13)2/h5-6,9-10,13,15,19H,4,7-8,11-12H2,1-3H3. The van der Waals surface area contributed by atoms with Crippen LogP contribution in [0.2, 0.25) is 0 Å². The molecule has 1 aliphatic rings. The second kappa shape index (κ2) is 6.40. The van der Waals surface area contributed by atoms with Crippen molar-refractivity contribution in [3.8, 4) is 5.75 Å². The molecule has 1 fully saturated rings. The van der Waals surface area contributed by atoms with Crippen molar-refractivity contribution in [2.75, 3.05) is 27.2 Å². The third-order valence-electron chi connectivity index (χ3n) is 4.38. The average Bonchev–Trinajstić information content (AvgIpc) is 2.78. The zero-order valence-corrected chi connectivity index (χ0v) is 12.3. The molecule has 0 saturated carbocycles. The van der Waals surface area contributed by atoms with Crippen LogP contribution in [0.5, 0.6) is 5.75 Å². The van der Waals surface area contributed by atoms with Gasteiger partial charge in [-0.2, -0.15) is 0 Å². The molecule has 0 aliphatic carbocycles. The first-order valence-corrected chi connectivity index (χ1v) is 7.31. The van der Waals surface area contributed by atoms with Crippen molar-refractivity contribution in [3.63, 3.8) is 0 Å². The Balaban J connectivity index is 2.07. The minimum absolute atomic E-state index is 0.301. The number of likely N-dealkylation sites (tertiary alicyclic amines) is 1. The molecule has 2 unspecified atom stereocenters. The van der Waals surface area contributed by atoms with E-state index in [0.717, 1.165) is 18.5 Å². The number of aromatic hydroxyl groups is 1. The summed E-state index contributed by atoms with van der Waals surface area (Å²) in [4.78, 5) is 4.84. The van der Waals surface area contributed by atoms with Crippen LogP contribution in [-0.2, 0) is 0 Å². The number of nitrogens with zero attached hydrogens (tertiary/aromatic N) is 2. The molecule has 2 rings (SSSR count). The molecule has 0 radical (unpaired) electrons. The number of para-hydroxylation sites is 1. The molecule has 1 saturated heterocycles. The Morgan fingerprint density at radius 2 is 2.16 bits per heavy atom. The molecule has 1 aromatic carbocycles. The molecule has 0 bridgehead atoms. The monoisotopic (exact) mass is 262 g/mol. The fraction of sp³-hybridized carbons (Fsp3) is 0.625. The van der Waals surface area contributed by atoms with Crippen LogP contribution >= 0.6 is 0 Å². The summed E-state index contributed by atoms with van der Waals surface area (Å²) in [6.07, 6.45) is 3.62. The van der Waals surface area contributed by atoms with Gasteiger partial charge in [0.25, 0.3) is 0 Å². The van der Waals surface area contributed by atoms with Crippen LogP contribution in [-0.4, -0.2) is 48.1 Å². The molecule has 1 aromatic rings. The van der Waals surface area contributed by atoms with Gasteiger partial charge in [-0.15, -0.1) is 0 Å². The summed E-state index contributed by atoms with van der Waals surface area (Å²) in [6, 6.07) is 8.68. The lowest BCUT2D eigenvalue weighted by molar-refractivity contribution is 0.171. The predicted molar refractivity (Wildman–Crippen MR) is 79.4 cm³/mol. The number of hydrogen-bond donors (Lipinski definition) is 1. The van der Waals surface area contributed by atoms with E-state index in [-0.39, 0.29) is 0 Å². The van der Waals surface area contributed by atoms with Crippen LogP contribution in [0.15, 0.2) is 24.3 Å². The first kappa shape index (κ1) is 14.4. The number of rotatable bonds is 5. The van der Waals surface area contributed by atoms with Gasteiger partial charge in [0, 0.05) is 24.2 Å². The molecule has 1 aliphatic heterocycles. The number of hydrogen-bond acceptors (Lipinski definition) is 3. The Kier molecular flexibility index (Phi) is 4.83. The Labute approximate surface area is 116 Å². The SMILES string of the molecule is CCC(c1ccccc1O)N(C)CC1CCCN1C. The Morgan fingerprint density at radius 3 is 2.74 bits per heavy atom. The summed E-state index contributed by atoms with van der Waals surface area (Å²) in [5.74, 6) is 0.418. The van der Waals surface area contributed by atoms with E-state index >= 15 is 0 Å². The van der Waals surface area contributed by atoms with Gasteiger partial charge in [0.05, 0.1) is 0 Å². The van der Waals surface area contributed by atoms with Crippen molar-refractivity contribution in [2.45, 2.75) is 38.3 Å². The highest BCUT2D eigenvalue weighted by Crippen LogP contribution is 2.31. The van der Waals surface area contributed by atoms with Crippen molar-refractivity contribution in [3.05, 3.63) is 29.8 Å². The molecule has 106 valence electrons. The normalized spacial score (nSPS) is 22.0. The molecule has 2 atom stereocenters. The Morgan fingerprint density at radius 1 is 1.42 bits per heavy atom. The van der Waals surface area contributed by atoms with E-state index in [1.807, 2.05) is 18.2 Å². The number of likely N-dealkylation sites (N-methyl/N-ethyl adjacent to an activating group) is 2. The van der Waals surface area contributed by atoms with Gasteiger partial charge in [-0.25, -0.2) is 0 Å². The molecule has 0 spiro atoms. The van der Waals surface area contributed by atoms with Crippen LogP contribution in [0, 0.1) is 0 Å². The molecule has 0 amide bonds. The van der Waals surface area contributed by atoms with Crippen LogP contribution < -0.4 is 0 Å². The van der Waals surface area contributed by atoms with Gasteiger partial charge < -0.3 is 10.0 Å². The summed E-state index contributed by atoms with van der Waals surface area (Å²) >= 11 is 0. The van der Waals surface area contributed by atoms with Gasteiger partial charge in [-0.1, -0.05) is 25.1 Å². The summed E-state index contributed by atoms with van der Waals surface area (Å²) in [5.41, 5.74) is 1.05. The lowest BCUT2D eigenvalue weighted by atomic mass is 10.0. The van der Waals surface area contributed by atoms with Crippen molar-refractivity contribution in [1.29, 1.82) is 0 Å². The van der Waals surface area contributed by atoms with Gasteiger partial charge in [0.15, 0.2) is 0 Å². The maximum absolute atomic E-state index is 10.0. The Hall–Kier alpha value is -1.06. The minimum atomic E-state index is 0.301. The molecule has 0 aromatic heterocycles. The highest BCUT2D eigenvalue weighted by Gasteiger charge is 2.25. The van der Waals surface area contributed by atoms with E-state index in [1.165, 1.54) is 19.4 Å². The highest BCUT2D eigenvalue weighted by molar-refractivity contribution is 5.34. The number of benzene rings is 1. The summed E-state index contributed by atoms with van der Waals surface area (Å²) in [7, 11) is 4.39. The molecule has 3 heteroatoms. The van der Waals surface area contributed by atoms with Gasteiger partial charge in [0.1, 0.15) is 5.75 Å². The molecule has 3 nitrogen and oxygen atoms in total. The Bertz CT molecular complexity index is 407. The first-order valence-electron chi connectivity index (χ1n) is 7.31. The minimum Gasteiger partial charge on any atom is -0.508 e. The van der Waals surface area contributed by atoms with Crippen LogP contribution in [0.25, 0.3) is 0 Å². The number of phenolic OH excluding ortho intramolecular Hbond substituents is 1. The third-order valence-corrected chi connectivity index (χ3v) is 4.38. The highest BCUT2D eigenvalue weighted by atomic mass is 16.3. The molecule has 1 heterocycles. The summed E-state index contributed by atoms with van der Waals surface area (Å²) < 4.78 is 0. The average molecular weight is 262 g/mol. The molecule has 1 N–H and O–H groups in total. The molecular formula is C16H26N2O. The van der Waals surface area contributed by atoms with Crippen molar-refractivity contribution < 1.29 is 5.11 Å². The second-order valence-corrected chi connectivity index (χ2v) is 5.70. The predicted octanol–water partition coefficient (Wildman–Crippen LogP) is 2.87. The smallest absolute Gasteiger partial charge is 0.120 e. The lowest BCUT2D eigenvalue weighted by Gasteiger charge is -2.32. The zero-order valence-electron chi connectivity index (χ0n) is 12.3. The van der Waals surface area contributed by atoms with E-state index in [1.54, 1.807) is 6.07 Å². The lowest BCUT2D eigenvalue weighted by Crippen LogP contribution is -2.38. The second-order valence-electron chi connectivity index (χ2n) is 5.70. The van der Waals surface area contributed by atoms with E-state index in [2.05, 4.69) is 30.8 Å². The van der Waals surface area contributed by atoms with Crippen molar-refractivity contribution in [1.82, 2.24) is 9.80 Å². The van der Waals surface area contributed by atoms with Gasteiger partial charge in [-0.05, 0) is 46.0 Å². The van der Waals surface area contributed by atoms with Gasteiger partial charge in [0.2, 0.25) is 0 Å². The number of phenols is 1. The van der Waals surface area contributed by atoms with E-state index < -0.39 is 0 Å². The van der Waals surface area contributed by atoms with Crippen molar-refractivity contribution in [2.24, 2.45) is 0 Å². The summed E-state index contributed by atoms with van der Waals surface area (Å²) in [5, 5.41) is 10.0. The fourth-order valence-electron chi connectivity index (χ4n) is 3.21. The zero-order chi connectivity index (χ0) is 13.8. The van der Waals surface area contributed by atoms with Crippen LogP contribution in [0.3, 0.4) is 0 Å². The van der Waals surface area contributed by atoms with Gasteiger partial charge in [-0.3, -0.25) is 4.90 Å². The quantitative estimate of drug-likeness (QED) is 0.884. The van der Waals surface area contributed by atoms with E-state index in [9.17, 15) is 5.11 Å². The molecular weight excluding hydrogens is 236 g/mol. The van der Waals surface area contributed by atoms with Gasteiger partial charge >= 0.3 is 0 Å². The van der Waals surface area contributed by atoms with E-state index in [0.29, 0.717) is 17.8 Å². The largest absolute Gasteiger partial charge is 0.508 e. The van der Waals surface area contributed by atoms with E-state index in [4.69, 9.17) is 0 Å². The third kappa shape index (κ3) is 3.28. The topological polar surface area (TPSA) is 26.7 Å². The summed E-state index contributed by atoms with van der Waals surface area (Å²) in [6.45, 7) is 4.47. The maximum atomic E-state index is 10.0. The van der Waals surface area contributed by atoms with Crippen LogP contribution in [0.1, 0.15) is 37.8 Å². The fourth-order valence-corrected chi connectivity index (χ4v) is 3.21. The molecule has 19 heavy (non-hydrogen) atoms. The first-order chi connectivity index (χ1) is 9.13. The maximum Gasteiger partial charge on any atom is 0.120 e. The van der Waals surface area contributed by atoms with Crippen molar-refractivity contribution >= 4 is 0 Å². The van der Waals surface area contributed by atoms with Crippen LogP contribution in [0.4, 0.5) is 0 Å².